The maximum absolute atomic E-state index is 12.4. The van der Waals surface area contributed by atoms with Gasteiger partial charge in [0, 0.05) is 13.0 Å². The number of amides is 1. The molecule has 0 spiro atoms. The Morgan fingerprint density at radius 3 is 2.75 bits per heavy atom. The molecule has 16 heavy (non-hydrogen) atoms. The van der Waals surface area contributed by atoms with Crippen LogP contribution >= 0.6 is 0 Å². The lowest BCUT2D eigenvalue weighted by molar-refractivity contribution is -0.169. The van der Waals surface area contributed by atoms with Gasteiger partial charge in [-0.1, -0.05) is 5.16 Å². The van der Waals surface area contributed by atoms with Crippen molar-refractivity contribution in [1.29, 1.82) is 0 Å². The normalized spacial score (nSPS) is 11.8. The molecule has 0 aliphatic rings. The maximum Gasteiger partial charge on any atom is 0.383 e. The van der Waals surface area contributed by atoms with Crippen molar-refractivity contribution in [3.63, 3.8) is 0 Å². The second-order valence-electron chi connectivity index (χ2n) is 2.78. The van der Waals surface area contributed by atoms with Gasteiger partial charge in [-0.25, -0.2) is 8.78 Å². The molecule has 1 N–H and O–H groups in total. The molecule has 0 bridgehead atoms. The standard InChI is InChI=1S/C7H7F4N3O2/c8-5(9)7(10,11)6(15)12-2-1-4-13-3-16-14-4/h3,5H,1-2H2,(H,12,15). The molecule has 1 aromatic heterocycles. The summed E-state index contributed by atoms with van der Waals surface area (Å²) in [6, 6.07) is 0. The number of aromatic nitrogens is 2. The van der Waals surface area contributed by atoms with Crippen LogP contribution in [0.1, 0.15) is 5.82 Å². The van der Waals surface area contributed by atoms with E-state index in [4.69, 9.17) is 0 Å². The highest BCUT2D eigenvalue weighted by atomic mass is 19.3. The first-order valence-electron chi connectivity index (χ1n) is 4.14. The van der Waals surface area contributed by atoms with E-state index >= 15 is 0 Å². The summed E-state index contributed by atoms with van der Waals surface area (Å²) in [5, 5.41) is 4.99. The average Bonchev–Trinajstić information content (AvgIpc) is 2.70. The first-order valence-corrected chi connectivity index (χ1v) is 4.14. The number of rotatable bonds is 5. The van der Waals surface area contributed by atoms with E-state index in [9.17, 15) is 22.4 Å². The summed E-state index contributed by atoms with van der Waals surface area (Å²) in [5.41, 5.74) is 0. The number of carbonyl (C=O) groups excluding carboxylic acids is 1. The van der Waals surface area contributed by atoms with E-state index < -0.39 is 18.3 Å². The van der Waals surface area contributed by atoms with Crippen LogP contribution in [0.5, 0.6) is 0 Å². The third-order valence-corrected chi connectivity index (χ3v) is 1.62. The van der Waals surface area contributed by atoms with Crippen LogP contribution in [0, 0.1) is 0 Å². The van der Waals surface area contributed by atoms with E-state index in [0.29, 0.717) is 0 Å². The zero-order valence-corrected chi connectivity index (χ0v) is 7.79. The van der Waals surface area contributed by atoms with E-state index in [1.807, 2.05) is 0 Å². The summed E-state index contributed by atoms with van der Waals surface area (Å²) in [4.78, 5) is 14.2. The Balaban J connectivity index is 2.36. The van der Waals surface area contributed by atoms with Gasteiger partial charge in [0.15, 0.2) is 5.82 Å². The number of nitrogens with zero attached hydrogens (tertiary/aromatic N) is 2. The summed E-state index contributed by atoms with van der Waals surface area (Å²) in [7, 11) is 0. The summed E-state index contributed by atoms with van der Waals surface area (Å²) in [6.07, 6.45) is -3.00. The van der Waals surface area contributed by atoms with Crippen LogP contribution in [0.3, 0.4) is 0 Å². The second kappa shape index (κ2) is 4.90. The van der Waals surface area contributed by atoms with Gasteiger partial charge in [-0.05, 0) is 0 Å². The lowest BCUT2D eigenvalue weighted by Gasteiger charge is -2.14. The van der Waals surface area contributed by atoms with Gasteiger partial charge in [0.25, 0.3) is 5.91 Å². The number of hydrogen-bond donors (Lipinski definition) is 1. The first-order chi connectivity index (χ1) is 7.44. The fourth-order valence-corrected chi connectivity index (χ4v) is 0.807. The molecule has 90 valence electrons. The van der Waals surface area contributed by atoms with Crippen molar-refractivity contribution >= 4 is 5.91 Å². The summed E-state index contributed by atoms with van der Waals surface area (Å²) < 4.78 is 52.5. The molecular formula is C7H7F4N3O2. The number of alkyl halides is 4. The van der Waals surface area contributed by atoms with Crippen molar-refractivity contribution in [2.24, 2.45) is 0 Å². The second-order valence-corrected chi connectivity index (χ2v) is 2.78. The average molecular weight is 241 g/mol. The minimum atomic E-state index is -4.68. The quantitative estimate of drug-likeness (QED) is 0.767. The summed E-state index contributed by atoms with van der Waals surface area (Å²) in [5.74, 6) is -6.52. The molecule has 0 fully saturated rings. The van der Waals surface area contributed by atoms with E-state index in [2.05, 4.69) is 14.7 Å². The van der Waals surface area contributed by atoms with Crippen LogP contribution in [0.4, 0.5) is 17.6 Å². The van der Waals surface area contributed by atoms with Gasteiger partial charge in [-0.2, -0.15) is 13.8 Å². The molecule has 0 unspecified atom stereocenters. The predicted octanol–water partition coefficient (Wildman–Crippen LogP) is 0.629. The fraction of sp³-hybridized carbons (Fsp3) is 0.571. The molecule has 5 nitrogen and oxygen atoms in total. The van der Waals surface area contributed by atoms with E-state index in [1.165, 1.54) is 0 Å². The minimum Gasteiger partial charge on any atom is -0.350 e. The van der Waals surface area contributed by atoms with Crippen molar-refractivity contribution in [2.45, 2.75) is 18.8 Å². The molecule has 0 atom stereocenters. The minimum absolute atomic E-state index is 0.0154. The molecule has 0 aromatic carbocycles. The maximum atomic E-state index is 12.4. The zero-order valence-electron chi connectivity index (χ0n) is 7.79. The van der Waals surface area contributed by atoms with Crippen LogP contribution in [0.2, 0.25) is 0 Å². The topological polar surface area (TPSA) is 68.0 Å². The molecule has 0 saturated heterocycles. The van der Waals surface area contributed by atoms with Crippen molar-refractivity contribution in [1.82, 2.24) is 15.5 Å². The first kappa shape index (κ1) is 12.4. The SMILES string of the molecule is O=C(NCCc1ncon1)C(F)(F)C(F)F. The van der Waals surface area contributed by atoms with Gasteiger partial charge in [-0.3, -0.25) is 4.79 Å². The number of nitrogens with one attached hydrogen (secondary N) is 1. The fourth-order valence-electron chi connectivity index (χ4n) is 0.807. The smallest absolute Gasteiger partial charge is 0.350 e. The Hall–Kier alpha value is -1.67. The molecular weight excluding hydrogens is 234 g/mol. The predicted molar refractivity (Wildman–Crippen MR) is 42.0 cm³/mol. The van der Waals surface area contributed by atoms with E-state index in [-0.39, 0.29) is 18.8 Å². The Kier molecular flexibility index (Phi) is 3.80. The molecule has 9 heteroatoms. The Labute approximate surface area is 86.8 Å². The van der Waals surface area contributed by atoms with Crippen LogP contribution in [-0.2, 0) is 11.2 Å². The van der Waals surface area contributed by atoms with Gasteiger partial charge >= 0.3 is 12.3 Å². The number of halogens is 4. The number of carbonyl (C=O) groups is 1. The highest BCUT2D eigenvalue weighted by molar-refractivity contribution is 5.83. The van der Waals surface area contributed by atoms with Crippen LogP contribution in [-0.4, -0.2) is 34.9 Å². The molecule has 1 heterocycles. The van der Waals surface area contributed by atoms with E-state index in [0.717, 1.165) is 6.39 Å². The molecule has 0 radical (unpaired) electrons. The highest BCUT2D eigenvalue weighted by Gasteiger charge is 2.48. The molecule has 1 aromatic rings. The van der Waals surface area contributed by atoms with Gasteiger partial charge < -0.3 is 9.84 Å². The molecule has 0 saturated carbocycles. The lowest BCUT2D eigenvalue weighted by atomic mass is 10.3. The molecule has 0 aliphatic carbocycles. The Bertz CT molecular complexity index is 341. The Morgan fingerprint density at radius 1 is 1.56 bits per heavy atom. The summed E-state index contributed by atoms with van der Waals surface area (Å²) >= 11 is 0. The monoisotopic (exact) mass is 241 g/mol. The molecule has 1 rings (SSSR count). The van der Waals surface area contributed by atoms with Crippen molar-refractivity contribution < 1.29 is 26.9 Å². The van der Waals surface area contributed by atoms with Crippen molar-refractivity contribution in [3.05, 3.63) is 12.2 Å². The van der Waals surface area contributed by atoms with Crippen LogP contribution < -0.4 is 5.32 Å². The van der Waals surface area contributed by atoms with E-state index in [1.54, 1.807) is 5.32 Å². The van der Waals surface area contributed by atoms with Gasteiger partial charge in [0.1, 0.15) is 0 Å². The number of hydrogen-bond acceptors (Lipinski definition) is 4. The molecule has 0 aliphatic heterocycles. The van der Waals surface area contributed by atoms with Crippen LogP contribution in [0.25, 0.3) is 0 Å². The molecule has 1 amide bonds. The van der Waals surface area contributed by atoms with Gasteiger partial charge in [0.05, 0.1) is 0 Å². The Morgan fingerprint density at radius 2 is 2.25 bits per heavy atom. The highest BCUT2D eigenvalue weighted by Crippen LogP contribution is 2.22. The third kappa shape index (κ3) is 2.91. The lowest BCUT2D eigenvalue weighted by Crippen LogP contribution is -2.45. The third-order valence-electron chi connectivity index (χ3n) is 1.62. The zero-order chi connectivity index (χ0) is 12.2. The van der Waals surface area contributed by atoms with Gasteiger partial charge in [0.2, 0.25) is 6.39 Å². The van der Waals surface area contributed by atoms with Crippen LogP contribution in [0.15, 0.2) is 10.9 Å². The van der Waals surface area contributed by atoms with Crippen molar-refractivity contribution in [2.75, 3.05) is 6.54 Å². The largest absolute Gasteiger partial charge is 0.383 e. The van der Waals surface area contributed by atoms with Crippen molar-refractivity contribution in [3.8, 4) is 0 Å². The van der Waals surface area contributed by atoms with Gasteiger partial charge in [-0.15, -0.1) is 0 Å². The summed E-state index contributed by atoms with van der Waals surface area (Å²) in [6.45, 7) is -0.277.